The molecule has 0 radical (unpaired) electrons. The molecule has 0 aliphatic heterocycles. The first-order valence-corrected chi connectivity index (χ1v) is 5.77. The summed E-state index contributed by atoms with van der Waals surface area (Å²) < 4.78 is 1.58. The van der Waals surface area contributed by atoms with Gasteiger partial charge in [-0.2, -0.15) is 0 Å². The molecule has 0 fully saturated rings. The minimum Gasteiger partial charge on any atom is -0.481 e. The molecule has 5 nitrogen and oxygen atoms in total. The van der Waals surface area contributed by atoms with E-state index in [1.165, 1.54) is 0 Å². The number of hydrogen-bond donors (Lipinski definition) is 1. The second-order valence-electron chi connectivity index (χ2n) is 4.01. The van der Waals surface area contributed by atoms with Crippen molar-refractivity contribution in [1.82, 2.24) is 15.0 Å². The van der Waals surface area contributed by atoms with E-state index in [0.29, 0.717) is 16.4 Å². The predicted octanol–water partition coefficient (Wildman–Crippen LogP) is 2.16. The summed E-state index contributed by atoms with van der Waals surface area (Å²) in [4.78, 5) is 10.7. The van der Waals surface area contributed by atoms with E-state index >= 15 is 0 Å². The maximum Gasteiger partial charge on any atom is 0.309 e. The van der Waals surface area contributed by atoms with Crippen LogP contribution >= 0.6 is 11.6 Å². The van der Waals surface area contributed by atoms with Crippen LogP contribution in [-0.2, 0) is 11.2 Å². The second-order valence-corrected chi connectivity index (χ2v) is 4.42. The summed E-state index contributed by atoms with van der Waals surface area (Å²) >= 11 is 6.15. The number of aliphatic carboxylic acids is 1. The molecule has 0 bridgehead atoms. The Morgan fingerprint density at radius 1 is 1.44 bits per heavy atom. The average Bonchev–Trinajstić information content (AvgIpc) is 2.61. The van der Waals surface area contributed by atoms with Gasteiger partial charge in [-0.3, -0.25) is 4.79 Å². The molecular weight excluding hydrogens is 254 g/mol. The van der Waals surface area contributed by atoms with Gasteiger partial charge in [-0.1, -0.05) is 28.9 Å². The third kappa shape index (κ3) is 2.22. The third-order valence-electron chi connectivity index (χ3n) is 2.71. The van der Waals surface area contributed by atoms with Gasteiger partial charge < -0.3 is 5.11 Å². The number of para-hydroxylation sites is 1. The maximum absolute atomic E-state index is 10.7. The van der Waals surface area contributed by atoms with Crippen molar-refractivity contribution in [2.75, 3.05) is 0 Å². The minimum absolute atomic E-state index is 0.144. The van der Waals surface area contributed by atoms with Gasteiger partial charge in [-0.05, 0) is 25.5 Å². The zero-order valence-electron chi connectivity index (χ0n) is 10.0. The molecule has 0 spiro atoms. The van der Waals surface area contributed by atoms with E-state index < -0.39 is 5.97 Å². The Labute approximate surface area is 109 Å². The van der Waals surface area contributed by atoms with Gasteiger partial charge in [0.1, 0.15) is 0 Å². The first kappa shape index (κ1) is 12.6. The van der Waals surface area contributed by atoms with Gasteiger partial charge in [-0.15, -0.1) is 5.10 Å². The molecule has 0 unspecified atom stereocenters. The number of nitrogens with zero attached hydrogens (tertiary/aromatic N) is 3. The molecule has 2 aromatic rings. The molecule has 0 saturated heterocycles. The molecule has 0 aliphatic carbocycles. The van der Waals surface area contributed by atoms with E-state index in [1.54, 1.807) is 17.7 Å². The topological polar surface area (TPSA) is 68.0 Å². The molecule has 1 heterocycles. The molecule has 1 N–H and O–H groups in total. The van der Waals surface area contributed by atoms with Crippen molar-refractivity contribution in [3.8, 4) is 5.69 Å². The number of carboxylic acids is 1. The first-order chi connectivity index (χ1) is 8.50. The van der Waals surface area contributed by atoms with Crippen LogP contribution < -0.4 is 0 Å². The van der Waals surface area contributed by atoms with Crippen LogP contribution in [-0.4, -0.2) is 26.1 Å². The summed E-state index contributed by atoms with van der Waals surface area (Å²) in [7, 11) is 0. The van der Waals surface area contributed by atoms with Crippen molar-refractivity contribution in [2.45, 2.75) is 20.3 Å². The number of hydrogen-bond acceptors (Lipinski definition) is 3. The zero-order valence-corrected chi connectivity index (χ0v) is 10.8. The number of carbonyl (C=O) groups is 1. The summed E-state index contributed by atoms with van der Waals surface area (Å²) in [5.41, 5.74) is 2.83. The largest absolute Gasteiger partial charge is 0.481 e. The van der Waals surface area contributed by atoms with Crippen LogP contribution in [0.3, 0.4) is 0 Å². The van der Waals surface area contributed by atoms with Crippen molar-refractivity contribution in [3.63, 3.8) is 0 Å². The van der Waals surface area contributed by atoms with E-state index in [1.807, 2.05) is 19.1 Å². The Balaban J connectivity index is 2.52. The summed E-state index contributed by atoms with van der Waals surface area (Å²) in [5.74, 6) is -0.930. The highest BCUT2D eigenvalue weighted by Gasteiger charge is 2.15. The Bertz CT molecular complexity index is 587. The van der Waals surface area contributed by atoms with Crippen LogP contribution in [0.25, 0.3) is 5.69 Å². The number of benzene rings is 1. The highest BCUT2D eigenvalue weighted by molar-refractivity contribution is 6.32. The predicted molar refractivity (Wildman–Crippen MR) is 67.2 cm³/mol. The molecule has 6 heteroatoms. The van der Waals surface area contributed by atoms with Gasteiger partial charge in [0.15, 0.2) is 0 Å². The second kappa shape index (κ2) is 4.78. The maximum atomic E-state index is 10.7. The monoisotopic (exact) mass is 265 g/mol. The first-order valence-electron chi connectivity index (χ1n) is 5.39. The summed E-state index contributed by atoms with van der Waals surface area (Å²) in [5, 5.41) is 17.2. The fourth-order valence-corrected chi connectivity index (χ4v) is 2.07. The molecule has 0 amide bonds. The van der Waals surface area contributed by atoms with Crippen LogP contribution in [0.2, 0.25) is 5.02 Å². The minimum atomic E-state index is -0.930. The summed E-state index contributed by atoms with van der Waals surface area (Å²) in [6.45, 7) is 3.69. The average molecular weight is 266 g/mol. The standard InChI is InChI=1S/C12H12ClN3O2/c1-7-4-3-5-9(13)12(7)16-8(2)10(14-15-16)6-11(17)18/h3-5H,6H2,1-2H3,(H,17,18). The van der Waals surface area contributed by atoms with Crippen molar-refractivity contribution in [2.24, 2.45) is 0 Å². The van der Waals surface area contributed by atoms with E-state index in [9.17, 15) is 4.79 Å². The number of carboxylic acid groups (broad SMARTS) is 1. The van der Waals surface area contributed by atoms with Crippen LogP contribution in [0.5, 0.6) is 0 Å². The van der Waals surface area contributed by atoms with Crippen molar-refractivity contribution in [1.29, 1.82) is 0 Å². The van der Waals surface area contributed by atoms with Gasteiger partial charge >= 0.3 is 5.97 Å². The van der Waals surface area contributed by atoms with Crippen LogP contribution in [0.1, 0.15) is 17.0 Å². The lowest BCUT2D eigenvalue weighted by Gasteiger charge is -2.09. The normalized spacial score (nSPS) is 10.6. The molecule has 0 aliphatic rings. The van der Waals surface area contributed by atoms with Crippen LogP contribution in [0, 0.1) is 13.8 Å². The Morgan fingerprint density at radius 2 is 2.17 bits per heavy atom. The van der Waals surface area contributed by atoms with E-state index in [2.05, 4.69) is 10.3 Å². The number of rotatable bonds is 3. The number of halogens is 1. The molecule has 0 atom stereocenters. The SMILES string of the molecule is Cc1cccc(Cl)c1-n1nnc(CC(=O)O)c1C. The van der Waals surface area contributed by atoms with Gasteiger partial charge in [0.2, 0.25) is 0 Å². The number of aryl methyl sites for hydroxylation is 1. The Kier molecular flexibility index (Phi) is 3.34. The molecule has 94 valence electrons. The Morgan fingerprint density at radius 3 is 2.78 bits per heavy atom. The zero-order chi connectivity index (χ0) is 13.3. The molecule has 0 saturated carbocycles. The summed E-state index contributed by atoms with van der Waals surface area (Å²) in [6, 6.07) is 5.53. The van der Waals surface area contributed by atoms with Gasteiger partial charge in [0.05, 0.1) is 28.5 Å². The lowest BCUT2D eigenvalue weighted by molar-refractivity contribution is -0.136. The van der Waals surface area contributed by atoms with Crippen molar-refractivity contribution in [3.05, 3.63) is 40.2 Å². The van der Waals surface area contributed by atoms with Crippen molar-refractivity contribution >= 4 is 17.6 Å². The smallest absolute Gasteiger partial charge is 0.309 e. The van der Waals surface area contributed by atoms with Gasteiger partial charge in [0.25, 0.3) is 0 Å². The van der Waals surface area contributed by atoms with E-state index in [4.69, 9.17) is 16.7 Å². The van der Waals surface area contributed by atoms with Gasteiger partial charge in [0, 0.05) is 0 Å². The quantitative estimate of drug-likeness (QED) is 0.923. The lowest BCUT2D eigenvalue weighted by Crippen LogP contribution is -2.05. The molecule has 1 aromatic carbocycles. The highest BCUT2D eigenvalue weighted by Crippen LogP contribution is 2.25. The fourth-order valence-electron chi connectivity index (χ4n) is 1.77. The lowest BCUT2D eigenvalue weighted by atomic mass is 10.2. The summed E-state index contributed by atoms with van der Waals surface area (Å²) in [6.07, 6.45) is -0.144. The van der Waals surface area contributed by atoms with Gasteiger partial charge in [-0.25, -0.2) is 4.68 Å². The Hall–Kier alpha value is -1.88. The molecular formula is C12H12ClN3O2. The van der Waals surface area contributed by atoms with E-state index in [0.717, 1.165) is 11.3 Å². The van der Waals surface area contributed by atoms with E-state index in [-0.39, 0.29) is 6.42 Å². The third-order valence-corrected chi connectivity index (χ3v) is 3.01. The molecule has 1 aromatic heterocycles. The fraction of sp³-hybridized carbons (Fsp3) is 0.250. The van der Waals surface area contributed by atoms with Crippen molar-refractivity contribution < 1.29 is 9.90 Å². The van der Waals surface area contributed by atoms with Crippen LogP contribution in [0.4, 0.5) is 0 Å². The molecule has 2 rings (SSSR count). The number of aromatic nitrogens is 3. The van der Waals surface area contributed by atoms with Crippen LogP contribution in [0.15, 0.2) is 18.2 Å². The molecule has 18 heavy (non-hydrogen) atoms. The highest BCUT2D eigenvalue weighted by atomic mass is 35.5.